The molecule has 0 unspecified atom stereocenters. The number of rotatable bonds is 6. The lowest BCUT2D eigenvalue weighted by molar-refractivity contribution is -0.140. The Bertz CT molecular complexity index is 917. The monoisotopic (exact) mass is 365 g/mol. The zero-order chi connectivity index (χ0) is 18.7. The second-order valence-electron chi connectivity index (χ2n) is 5.80. The highest BCUT2D eigenvalue weighted by Crippen LogP contribution is 2.33. The second-order valence-corrected chi connectivity index (χ2v) is 7.02. The Labute approximate surface area is 150 Å². The SMILES string of the molecule is CCCc1cnc2c(c1S[C@H](CC)C(=O)OC)c(=O)n(C)c(=O)n2C. The Hall–Kier alpha value is -2.09. The molecule has 8 heteroatoms. The average molecular weight is 365 g/mol. The molecule has 0 aliphatic carbocycles. The van der Waals surface area contributed by atoms with Crippen LogP contribution in [0.15, 0.2) is 20.7 Å². The van der Waals surface area contributed by atoms with Gasteiger partial charge in [-0.3, -0.25) is 18.7 Å². The molecule has 7 nitrogen and oxygen atoms in total. The fourth-order valence-corrected chi connectivity index (χ4v) is 3.94. The number of aryl methyl sites for hydroxylation is 2. The van der Waals surface area contributed by atoms with Crippen LogP contribution in [0.5, 0.6) is 0 Å². The quantitative estimate of drug-likeness (QED) is 0.571. The minimum Gasteiger partial charge on any atom is -0.468 e. The van der Waals surface area contributed by atoms with E-state index < -0.39 is 16.5 Å². The van der Waals surface area contributed by atoms with Gasteiger partial charge < -0.3 is 4.74 Å². The van der Waals surface area contributed by atoms with Gasteiger partial charge in [0.1, 0.15) is 10.9 Å². The molecule has 0 aromatic carbocycles. The molecule has 0 saturated heterocycles. The van der Waals surface area contributed by atoms with Crippen molar-refractivity contribution in [2.75, 3.05) is 7.11 Å². The van der Waals surface area contributed by atoms with E-state index in [0.29, 0.717) is 22.3 Å². The zero-order valence-electron chi connectivity index (χ0n) is 15.2. The van der Waals surface area contributed by atoms with Crippen LogP contribution in [-0.4, -0.2) is 32.4 Å². The second kappa shape index (κ2) is 7.86. The lowest BCUT2D eigenvalue weighted by atomic mass is 10.1. The number of carbonyl (C=O) groups excluding carboxylic acids is 1. The van der Waals surface area contributed by atoms with Gasteiger partial charge in [-0.15, -0.1) is 11.8 Å². The first kappa shape index (κ1) is 19.2. The summed E-state index contributed by atoms with van der Waals surface area (Å²) in [4.78, 5) is 42.0. The molecule has 136 valence electrons. The topological polar surface area (TPSA) is 83.2 Å². The molecule has 2 aromatic rings. The fourth-order valence-electron chi connectivity index (χ4n) is 2.70. The summed E-state index contributed by atoms with van der Waals surface area (Å²) >= 11 is 1.31. The van der Waals surface area contributed by atoms with Crippen LogP contribution in [0, 0.1) is 0 Å². The smallest absolute Gasteiger partial charge is 0.332 e. The molecular formula is C17H23N3O4S. The van der Waals surface area contributed by atoms with E-state index >= 15 is 0 Å². The molecule has 0 aliphatic rings. The molecule has 0 bridgehead atoms. The largest absolute Gasteiger partial charge is 0.468 e. The van der Waals surface area contributed by atoms with E-state index in [0.717, 1.165) is 23.0 Å². The number of hydrogen-bond donors (Lipinski definition) is 0. The first-order chi connectivity index (χ1) is 11.9. The molecule has 2 aromatic heterocycles. The van der Waals surface area contributed by atoms with Gasteiger partial charge in [0, 0.05) is 25.2 Å². The van der Waals surface area contributed by atoms with Gasteiger partial charge in [-0.1, -0.05) is 20.3 Å². The van der Waals surface area contributed by atoms with E-state index in [1.807, 2.05) is 13.8 Å². The lowest BCUT2D eigenvalue weighted by Crippen LogP contribution is -2.37. The van der Waals surface area contributed by atoms with Crippen molar-refractivity contribution in [2.24, 2.45) is 14.1 Å². The summed E-state index contributed by atoms with van der Waals surface area (Å²) in [6.07, 6.45) is 3.87. The van der Waals surface area contributed by atoms with Gasteiger partial charge in [0.2, 0.25) is 0 Å². The van der Waals surface area contributed by atoms with Crippen LogP contribution >= 0.6 is 11.8 Å². The Balaban J connectivity index is 2.82. The summed E-state index contributed by atoms with van der Waals surface area (Å²) in [7, 11) is 4.39. The van der Waals surface area contributed by atoms with Crippen LogP contribution in [-0.2, 0) is 30.0 Å². The molecule has 0 fully saturated rings. The highest BCUT2D eigenvalue weighted by molar-refractivity contribution is 8.00. The molecule has 0 aliphatic heterocycles. The molecule has 25 heavy (non-hydrogen) atoms. The molecule has 2 heterocycles. The van der Waals surface area contributed by atoms with E-state index in [2.05, 4.69) is 4.98 Å². The first-order valence-corrected chi connectivity index (χ1v) is 9.07. The minimum absolute atomic E-state index is 0.329. The van der Waals surface area contributed by atoms with Crippen molar-refractivity contribution in [3.8, 4) is 0 Å². The van der Waals surface area contributed by atoms with E-state index in [1.54, 1.807) is 13.2 Å². The first-order valence-electron chi connectivity index (χ1n) is 8.19. The van der Waals surface area contributed by atoms with Gasteiger partial charge in [-0.25, -0.2) is 9.78 Å². The average Bonchev–Trinajstić information content (AvgIpc) is 2.62. The normalized spacial score (nSPS) is 12.4. The van der Waals surface area contributed by atoms with Crippen molar-refractivity contribution in [3.05, 3.63) is 32.6 Å². The molecule has 0 spiro atoms. The standard InChI is InChI=1S/C17H23N3O4S/c1-6-8-10-9-18-14-12(15(21)20(4)17(23)19(14)3)13(10)25-11(7-2)16(22)24-5/h9,11H,6-8H2,1-5H3/t11-/m1/s1. The van der Waals surface area contributed by atoms with Crippen LogP contribution in [0.3, 0.4) is 0 Å². The molecule has 0 N–H and O–H groups in total. The summed E-state index contributed by atoms with van der Waals surface area (Å²) in [6, 6.07) is 0. The third-order valence-corrected chi connectivity index (χ3v) is 5.62. The minimum atomic E-state index is -0.427. The van der Waals surface area contributed by atoms with Gasteiger partial charge in [0.25, 0.3) is 5.56 Å². The van der Waals surface area contributed by atoms with Gasteiger partial charge in [-0.2, -0.15) is 0 Å². The van der Waals surface area contributed by atoms with Crippen molar-refractivity contribution in [3.63, 3.8) is 0 Å². The summed E-state index contributed by atoms with van der Waals surface area (Å²) < 4.78 is 7.30. The van der Waals surface area contributed by atoms with Gasteiger partial charge >= 0.3 is 11.7 Å². The molecule has 0 radical (unpaired) electrons. The Morgan fingerprint density at radius 1 is 1.28 bits per heavy atom. The lowest BCUT2D eigenvalue weighted by Gasteiger charge is -2.17. The zero-order valence-corrected chi connectivity index (χ0v) is 16.0. The molecule has 1 atom stereocenters. The highest BCUT2D eigenvalue weighted by Gasteiger charge is 2.24. The number of methoxy groups -OCH3 is 1. The number of ether oxygens (including phenoxy) is 1. The van der Waals surface area contributed by atoms with E-state index in [9.17, 15) is 14.4 Å². The van der Waals surface area contributed by atoms with Crippen LogP contribution in [0.4, 0.5) is 0 Å². The Morgan fingerprint density at radius 2 is 1.96 bits per heavy atom. The number of hydrogen-bond acceptors (Lipinski definition) is 6. The van der Waals surface area contributed by atoms with Crippen LogP contribution in [0.2, 0.25) is 0 Å². The predicted octanol–water partition coefficient (Wildman–Crippen LogP) is 1.63. The van der Waals surface area contributed by atoms with Crippen molar-refractivity contribution in [1.82, 2.24) is 14.1 Å². The molecule has 2 rings (SSSR count). The molecular weight excluding hydrogens is 342 g/mol. The Kier molecular flexibility index (Phi) is 6.05. The van der Waals surface area contributed by atoms with Crippen LogP contribution < -0.4 is 11.2 Å². The van der Waals surface area contributed by atoms with Crippen molar-refractivity contribution in [1.29, 1.82) is 0 Å². The summed E-state index contributed by atoms with van der Waals surface area (Å²) in [6.45, 7) is 3.93. The van der Waals surface area contributed by atoms with E-state index in [-0.39, 0.29) is 5.97 Å². The number of carbonyl (C=O) groups is 1. The number of aromatic nitrogens is 3. The summed E-state index contributed by atoms with van der Waals surface area (Å²) in [5.74, 6) is -0.332. The van der Waals surface area contributed by atoms with Gasteiger partial charge in [0.05, 0.1) is 12.5 Å². The van der Waals surface area contributed by atoms with E-state index in [4.69, 9.17) is 4.74 Å². The predicted molar refractivity (Wildman–Crippen MR) is 98.2 cm³/mol. The molecule has 0 saturated carbocycles. The van der Waals surface area contributed by atoms with Crippen molar-refractivity contribution < 1.29 is 9.53 Å². The third-order valence-electron chi connectivity index (χ3n) is 4.11. The maximum absolute atomic E-state index is 12.8. The maximum Gasteiger partial charge on any atom is 0.332 e. The van der Waals surface area contributed by atoms with Gasteiger partial charge in [0.15, 0.2) is 0 Å². The van der Waals surface area contributed by atoms with Crippen molar-refractivity contribution in [2.45, 2.75) is 43.3 Å². The number of fused-ring (bicyclic) bond motifs is 1. The third kappa shape index (κ3) is 3.49. The molecule has 0 amide bonds. The number of nitrogens with zero attached hydrogens (tertiary/aromatic N) is 3. The van der Waals surface area contributed by atoms with Crippen molar-refractivity contribution >= 4 is 28.8 Å². The summed E-state index contributed by atoms with van der Waals surface area (Å²) in [5, 5.41) is -0.0453. The van der Waals surface area contributed by atoms with Crippen LogP contribution in [0.1, 0.15) is 32.3 Å². The van der Waals surface area contributed by atoms with Gasteiger partial charge in [-0.05, 0) is 18.4 Å². The number of thioether (sulfide) groups is 1. The maximum atomic E-state index is 12.8. The van der Waals surface area contributed by atoms with Crippen LogP contribution in [0.25, 0.3) is 11.0 Å². The summed E-state index contributed by atoms with van der Waals surface area (Å²) in [5.41, 5.74) is 0.406. The van der Waals surface area contributed by atoms with E-state index in [1.165, 1.54) is 30.5 Å². The number of pyridine rings is 1. The Morgan fingerprint density at radius 3 is 2.52 bits per heavy atom. The highest BCUT2D eigenvalue weighted by atomic mass is 32.2. The number of esters is 1. The fraction of sp³-hybridized carbons (Fsp3) is 0.529.